The first-order valence-corrected chi connectivity index (χ1v) is 8.05. The summed E-state index contributed by atoms with van der Waals surface area (Å²) in [4.78, 5) is 12.1. The van der Waals surface area contributed by atoms with Crippen molar-refractivity contribution in [2.75, 3.05) is 0 Å². The summed E-state index contributed by atoms with van der Waals surface area (Å²) in [7, 11) is 0. The predicted octanol–water partition coefficient (Wildman–Crippen LogP) is 1.54. The number of nitrogens with zero attached hydrogens (tertiary/aromatic N) is 5. The lowest BCUT2D eigenvalue weighted by atomic mass is 9.92. The highest BCUT2D eigenvalue weighted by atomic mass is 16.1. The first kappa shape index (κ1) is 16.8. The normalized spacial score (nSPS) is 11.5. The Hall–Kier alpha value is -3.03. The van der Waals surface area contributed by atoms with Crippen molar-refractivity contribution in [3.8, 4) is 5.69 Å². The Morgan fingerprint density at radius 2 is 2.00 bits per heavy atom. The fourth-order valence-corrected chi connectivity index (χ4v) is 2.32. The molecular formula is C17H21N7O. The van der Waals surface area contributed by atoms with Crippen LogP contribution in [0.15, 0.2) is 36.7 Å². The molecule has 0 bridgehead atoms. The molecule has 3 aromatic rings. The van der Waals surface area contributed by atoms with E-state index in [0.717, 1.165) is 22.6 Å². The zero-order valence-corrected chi connectivity index (χ0v) is 14.5. The Balaban J connectivity index is 1.53. The lowest BCUT2D eigenvalue weighted by Crippen LogP contribution is -2.24. The van der Waals surface area contributed by atoms with Crippen molar-refractivity contribution < 1.29 is 4.79 Å². The fraction of sp³-hybridized carbons (Fsp3) is 0.353. The lowest BCUT2D eigenvalue weighted by molar-refractivity contribution is -0.120. The third-order valence-electron chi connectivity index (χ3n) is 3.79. The van der Waals surface area contributed by atoms with Gasteiger partial charge in [-0.2, -0.15) is 5.10 Å². The first-order valence-electron chi connectivity index (χ1n) is 8.05. The molecule has 0 aliphatic heterocycles. The molecular weight excluding hydrogens is 318 g/mol. The van der Waals surface area contributed by atoms with Crippen LogP contribution in [-0.2, 0) is 23.2 Å². The molecule has 0 saturated carbocycles. The van der Waals surface area contributed by atoms with Crippen LogP contribution < -0.4 is 5.32 Å². The van der Waals surface area contributed by atoms with E-state index in [9.17, 15) is 4.79 Å². The molecule has 25 heavy (non-hydrogen) atoms. The SMILES string of the molecule is CC(C)(C)c1cc(CNC(=O)Cc2ccc(-n3cnnn3)cc2)[nH]n1. The van der Waals surface area contributed by atoms with Gasteiger partial charge >= 0.3 is 0 Å². The van der Waals surface area contributed by atoms with Crippen molar-refractivity contribution in [2.45, 2.75) is 39.2 Å². The van der Waals surface area contributed by atoms with Gasteiger partial charge in [0.2, 0.25) is 5.91 Å². The van der Waals surface area contributed by atoms with E-state index < -0.39 is 0 Å². The van der Waals surface area contributed by atoms with Crippen molar-refractivity contribution in [1.29, 1.82) is 0 Å². The molecule has 2 heterocycles. The Morgan fingerprint density at radius 3 is 2.60 bits per heavy atom. The van der Waals surface area contributed by atoms with Crippen LogP contribution in [0.5, 0.6) is 0 Å². The maximum absolute atomic E-state index is 12.1. The summed E-state index contributed by atoms with van der Waals surface area (Å²) in [6, 6.07) is 9.53. The van der Waals surface area contributed by atoms with Crippen molar-refractivity contribution >= 4 is 5.91 Å². The molecule has 1 aromatic carbocycles. The molecule has 0 radical (unpaired) electrons. The van der Waals surface area contributed by atoms with Crippen molar-refractivity contribution in [3.05, 3.63) is 53.6 Å². The minimum Gasteiger partial charge on any atom is -0.350 e. The number of aromatic nitrogens is 6. The summed E-state index contributed by atoms with van der Waals surface area (Å²) in [5.74, 6) is -0.0397. The van der Waals surface area contributed by atoms with Crippen molar-refractivity contribution in [1.82, 2.24) is 35.7 Å². The van der Waals surface area contributed by atoms with Crippen LogP contribution in [0.4, 0.5) is 0 Å². The number of carbonyl (C=O) groups is 1. The van der Waals surface area contributed by atoms with Crippen LogP contribution in [0.1, 0.15) is 37.7 Å². The van der Waals surface area contributed by atoms with Crippen molar-refractivity contribution in [2.24, 2.45) is 0 Å². The monoisotopic (exact) mass is 339 g/mol. The highest BCUT2D eigenvalue weighted by molar-refractivity contribution is 5.78. The molecule has 0 spiro atoms. The predicted molar refractivity (Wildman–Crippen MR) is 92.0 cm³/mol. The van der Waals surface area contributed by atoms with Gasteiger partial charge in [-0.3, -0.25) is 9.89 Å². The van der Waals surface area contributed by atoms with Gasteiger partial charge in [-0.25, -0.2) is 4.68 Å². The number of hydrogen-bond acceptors (Lipinski definition) is 5. The van der Waals surface area contributed by atoms with Crippen LogP contribution in [0.2, 0.25) is 0 Å². The quantitative estimate of drug-likeness (QED) is 0.734. The minimum absolute atomic E-state index is 0.0138. The van der Waals surface area contributed by atoms with E-state index in [1.807, 2.05) is 30.3 Å². The van der Waals surface area contributed by atoms with Crippen LogP contribution in [-0.4, -0.2) is 36.3 Å². The second kappa shape index (κ2) is 6.84. The van der Waals surface area contributed by atoms with Gasteiger partial charge in [-0.05, 0) is 34.2 Å². The number of amides is 1. The molecule has 0 saturated heterocycles. The van der Waals surface area contributed by atoms with Gasteiger partial charge in [-0.1, -0.05) is 32.9 Å². The van der Waals surface area contributed by atoms with E-state index in [0.29, 0.717) is 13.0 Å². The smallest absolute Gasteiger partial charge is 0.224 e. The average Bonchev–Trinajstić information content (AvgIpc) is 3.25. The van der Waals surface area contributed by atoms with E-state index in [1.54, 1.807) is 4.68 Å². The van der Waals surface area contributed by atoms with Gasteiger partial charge in [0.05, 0.1) is 30.0 Å². The standard InChI is InChI=1S/C17H21N7O/c1-17(2,3)15-9-13(20-21-15)10-18-16(25)8-12-4-6-14(7-5-12)24-11-19-22-23-24/h4-7,9,11H,8,10H2,1-3H3,(H,18,25)(H,20,21). The number of aromatic amines is 1. The number of hydrogen-bond donors (Lipinski definition) is 2. The van der Waals surface area contributed by atoms with Gasteiger partial charge in [0, 0.05) is 5.41 Å². The minimum atomic E-state index is -0.0397. The highest BCUT2D eigenvalue weighted by Gasteiger charge is 2.17. The maximum Gasteiger partial charge on any atom is 0.224 e. The number of H-pyrrole nitrogens is 1. The summed E-state index contributed by atoms with van der Waals surface area (Å²) < 4.78 is 1.56. The zero-order chi connectivity index (χ0) is 17.9. The third kappa shape index (κ3) is 4.28. The third-order valence-corrected chi connectivity index (χ3v) is 3.79. The molecule has 3 rings (SSSR count). The van der Waals surface area contributed by atoms with Crippen LogP contribution in [0.25, 0.3) is 5.69 Å². The summed E-state index contributed by atoms with van der Waals surface area (Å²) >= 11 is 0. The second-order valence-electron chi connectivity index (χ2n) is 6.90. The maximum atomic E-state index is 12.1. The second-order valence-corrected chi connectivity index (χ2v) is 6.90. The Morgan fingerprint density at radius 1 is 1.24 bits per heavy atom. The van der Waals surface area contributed by atoms with Crippen LogP contribution in [0.3, 0.4) is 0 Å². The van der Waals surface area contributed by atoms with E-state index in [1.165, 1.54) is 6.33 Å². The highest BCUT2D eigenvalue weighted by Crippen LogP contribution is 2.20. The van der Waals surface area contributed by atoms with Crippen molar-refractivity contribution in [3.63, 3.8) is 0 Å². The van der Waals surface area contributed by atoms with Crippen LogP contribution in [0, 0.1) is 0 Å². The zero-order valence-electron chi connectivity index (χ0n) is 14.5. The molecule has 0 aliphatic carbocycles. The lowest BCUT2D eigenvalue weighted by Gasteiger charge is -2.13. The Bertz CT molecular complexity index is 829. The molecule has 0 fully saturated rings. The van der Waals surface area contributed by atoms with E-state index in [4.69, 9.17) is 0 Å². The molecule has 2 aromatic heterocycles. The van der Waals surface area contributed by atoms with Gasteiger partial charge in [0.1, 0.15) is 6.33 Å². The number of benzene rings is 1. The molecule has 1 amide bonds. The number of rotatable bonds is 5. The van der Waals surface area contributed by atoms with Gasteiger partial charge in [-0.15, -0.1) is 5.10 Å². The van der Waals surface area contributed by atoms with E-state index >= 15 is 0 Å². The van der Waals surface area contributed by atoms with E-state index in [-0.39, 0.29) is 11.3 Å². The molecule has 8 nitrogen and oxygen atoms in total. The summed E-state index contributed by atoms with van der Waals surface area (Å²) in [6.45, 7) is 6.74. The largest absolute Gasteiger partial charge is 0.350 e. The topological polar surface area (TPSA) is 101 Å². The van der Waals surface area contributed by atoms with Gasteiger partial charge in [0.25, 0.3) is 0 Å². The summed E-state index contributed by atoms with van der Waals surface area (Å²) in [5, 5.41) is 21.2. The molecule has 0 unspecified atom stereocenters. The molecule has 130 valence electrons. The number of tetrazole rings is 1. The number of nitrogens with one attached hydrogen (secondary N) is 2. The molecule has 0 aliphatic rings. The van der Waals surface area contributed by atoms with Gasteiger partial charge < -0.3 is 5.32 Å². The Labute approximate surface area is 145 Å². The molecule has 2 N–H and O–H groups in total. The van der Waals surface area contributed by atoms with Crippen LogP contribution >= 0.6 is 0 Å². The van der Waals surface area contributed by atoms with Gasteiger partial charge in [0.15, 0.2) is 0 Å². The first-order chi connectivity index (χ1) is 11.9. The molecule has 0 atom stereocenters. The number of carbonyl (C=O) groups excluding carboxylic acids is 1. The average molecular weight is 339 g/mol. The van der Waals surface area contributed by atoms with E-state index in [2.05, 4.69) is 51.8 Å². The Kier molecular flexibility index (Phi) is 4.60. The fourth-order valence-electron chi connectivity index (χ4n) is 2.32. The molecule has 8 heteroatoms. The summed E-state index contributed by atoms with van der Waals surface area (Å²) in [5.41, 5.74) is 3.64. The summed E-state index contributed by atoms with van der Waals surface area (Å²) in [6.07, 6.45) is 1.84.